The van der Waals surface area contributed by atoms with Gasteiger partial charge in [-0.3, -0.25) is 14.3 Å². The molecule has 0 aliphatic carbocycles. The molecule has 1 aromatic heterocycles. The van der Waals surface area contributed by atoms with E-state index in [1.165, 1.54) is 24.9 Å². The van der Waals surface area contributed by atoms with Crippen LogP contribution in [0.3, 0.4) is 0 Å². The summed E-state index contributed by atoms with van der Waals surface area (Å²) in [5, 5.41) is 5.67. The van der Waals surface area contributed by atoms with Gasteiger partial charge in [-0.05, 0) is 19.1 Å². The molecule has 0 saturated heterocycles. The number of hydrogen-bond donors (Lipinski definition) is 2. The fourth-order valence-electron chi connectivity index (χ4n) is 1.91. The molecule has 0 spiro atoms. The second-order valence-corrected chi connectivity index (χ2v) is 7.16. The lowest BCUT2D eigenvalue weighted by Crippen LogP contribution is -2.36. The van der Waals surface area contributed by atoms with E-state index >= 15 is 0 Å². The molecule has 1 unspecified atom stereocenters. The van der Waals surface area contributed by atoms with E-state index < -0.39 is 51.9 Å². The largest absolute Gasteiger partial charge is 0.452 e. The number of nitrogens with zero attached hydrogens (tertiary/aromatic N) is 2. The smallest absolute Gasteiger partial charge is 0.321 e. The molecule has 0 aliphatic heterocycles. The molecule has 1 amide bonds. The fourth-order valence-corrected chi connectivity index (χ4v) is 2.86. The summed E-state index contributed by atoms with van der Waals surface area (Å²) in [5.74, 6) is -4.03. The van der Waals surface area contributed by atoms with Crippen LogP contribution in [0.15, 0.2) is 35.5 Å². The molecule has 2 N–H and O–H groups in total. The molecule has 1 aromatic carbocycles. The van der Waals surface area contributed by atoms with E-state index in [-0.39, 0.29) is 4.90 Å². The average molecular weight is 402 g/mol. The highest BCUT2D eigenvalue weighted by atomic mass is 32.2. The number of para-hydroxylation sites is 1. The van der Waals surface area contributed by atoms with Crippen molar-refractivity contribution in [3.05, 3.63) is 42.2 Å². The zero-order valence-electron chi connectivity index (χ0n) is 14.3. The monoisotopic (exact) mass is 402 g/mol. The molecule has 2 rings (SSSR count). The number of hydrogen-bond acceptors (Lipinski definition) is 6. The molecule has 0 fully saturated rings. The number of amides is 1. The summed E-state index contributed by atoms with van der Waals surface area (Å²) in [6.07, 6.45) is 0.902. The Morgan fingerprint density at radius 1 is 1.30 bits per heavy atom. The third-order valence-corrected chi connectivity index (χ3v) is 4.64. The topological polar surface area (TPSA) is 119 Å². The maximum atomic E-state index is 13.5. The maximum absolute atomic E-state index is 13.5. The van der Waals surface area contributed by atoms with Gasteiger partial charge < -0.3 is 10.1 Å². The maximum Gasteiger partial charge on any atom is 0.321 e. The molecule has 1 heterocycles. The zero-order valence-corrected chi connectivity index (χ0v) is 15.1. The molecule has 1 atom stereocenters. The van der Waals surface area contributed by atoms with Gasteiger partial charge in [0.2, 0.25) is 10.0 Å². The first-order valence-corrected chi connectivity index (χ1v) is 9.01. The van der Waals surface area contributed by atoms with Crippen LogP contribution in [0, 0.1) is 11.6 Å². The molecule has 27 heavy (non-hydrogen) atoms. The molecule has 2 aromatic rings. The van der Waals surface area contributed by atoms with Gasteiger partial charge in [0, 0.05) is 13.2 Å². The SMILES string of the molecule is CC(OC(=O)CNS(=O)(=O)c1cnn(C)c1)C(=O)Nc1c(F)cccc1F. The van der Waals surface area contributed by atoms with Gasteiger partial charge in [0.05, 0.1) is 6.20 Å². The number of esters is 1. The van der Waals surface area contributed by atoms with Gasteiger partial charge in [-0.15, -0.1) is 0 Å². The Morgan fingerprint density at radius 3 is 2.48 bits per heavy atom. The van der Waals surface area contributed by atoms with Crippen molar-refractivity contribution in [1.29, 1.82) is 0 Å². The van der Waals surface area contributed by atoms with Gasteiger partial charge in [-0.1, -0.05) is 6.07 Å². The summed E-state index contributed by atoms with van der Waals surface area (Å²) in [6, 6.07) is 3.02. The van der Waals surface area contributed by atoms with Crippen molar-refractivity contribution in [2.75, 3.05) is 11.9 Å². The van der Waals surface area contributed by atoms with Gasteiger partial charge in [0.25, 0.3) is 5.91 Å². The molecular weight excluding hydrogens is 386 g/mol. The summed E-state index contributed by atoms with van der Waals surface area (Å²) in [5.41, 5.74) is -0.678. The number of benzene rings is 1. The summed E-state index contributed by atoms with van der Waals surface area (Å²) in [6.45, 7) is 0.421. The predicted octanol–water partition coefficient (Wildman–Crippen LogP) is 0.547. The van der Waals surface area contributed by atoms with Gasteiger partial charge >= 0.3 is 5.97 Å². The minimum Gasteiger partial charge on any atom is -0.452 e. The van der Waals surface area contributed by atoms with Crippen molar-refractivity contribution in [2.45, 2.75) is 17.9 Å². The summed E-state index contributed by atoms with van der Waals surface area (Å²) >= 11 is 0. The first kappa shape index (κ1) is 20.5. The van der Waals surface area contributed by atoms with Crippen molar-refractivity contribution >= 4 is 27.6 Å². The van der Waals surface area contributed by atoms with Crippen LogP contribution in [-0.4, -0.2) is 42.7 Å². The van der Waals surface area contributed by atoms with E-state index in [0.717, 1.165) is 24.4 Å². The predicted molar refractivity (Wildman–Crippen MR) is 88.9 cm³/mol. The lowest BCUT2D eigenvalue weighted by atomic mass is 10.2. The van der Waals surface area contributed by atoms with Crippen LogP contribution in [0.25, 0.3) is 0 Å². The van der Waals surface area contributed by atoms with E-state index in [4.69, 9.17) is 4.74 Å². The number of anilines is 1. The van der Waals surface area contributed by atoms with Gasteiger partial charge in [-0.2, -0.15) is 9.82 Å². The average Bonchev–Trinajstić information content (AvgIpc) is 3.04. The lowest BCUT2D eigenvalue weighted by Gasteiger charge is -2.14. The lowest BCUT2D eigenvalue weighted by molar-refractivity contribution is -0.151. The van der Waals surface area contributed by atoms with Crippen LogP contribution < -0.4 is 10.0 Å². The zero-order chi connectivity index (χ0) is 20.2. The summed E-state index contributed by atoms with van der Waals surface area (Å²) < 4.78 is 58.9. The molecule has 0 aliphatic rings. The number of ether oxygens (including phenoxy) is 1. The number of sulfonamides is 1. The van der Waals surface area contributed by atoms with Gasteiger partial charge in [0.15, 0.2) is 6.10 Å². The van der Waals surface area contributed by atoms with Crippen LogP contribution in [0.1, 0.15) is 6.92 Å². The molecular formula is C15H16F2N4O5S. The number of carbonyl (C=O) groups excluding carboxylic acids is 2. The highest BCUT2D eigenvalue weighted by Gasteiger charge is 2.23. The van der Waals surface area contributed by atoms with Crippen molar-refractivity contribution in [1.82, 2.24) is 14.5 Å². The van der Waals surface area contributed by atoms with Crippen molar-refractivity contribution in [3.63, 3.8) is 0 Å². The highest BCUT2D eigenvalue weighted by molar-refractivity contribution is 7.89. The second kappa shape index (κ2) is 8.22. The molecule has 9 nitrogen and oxygen atoms in total. The van der Waals surface area contributed by atoms with E-state index in [9.17, 15) is 26.8 Å². The highest BCUT2D eigenvalue weighted by Crippen LogP contribution is 2.18. The van der Waals surface area contributed by atoms with Crippen molar-refractivity contribution < 1.29 is 31.5 Å². The first-order valence-electron chi connectivity index (χ1n) is 7.53. The van der Waals surface area contributed by atoms with Crippen LogP contribution in [0.2, 0.25) is 0 Å². The summed E-state index contributed by atoms with van der Waals surface area (Å²) in [4.78, 5) is 23.5. The van der Waals surface area contributed by atoms with E-state index in [2.05, 4.69) is 5.10 Å². The third-order valence-electron chi connectivity index (χ3n) is 3.29. The minimum absolute atomic E-state index is 0.154. The number of nitrogens with one attached hydrogen (secondary N) is 2. The molecule has 146 valence electrons. The molecule has 12 heteroatoms. The summed E-state index contributed by atoms with van der Waals surface area (Å²) in [7, 11) is -2.46. The molecule has 0 radical (unpaired) electrons. The second-order valence-electron chi connectivity index (χ2n) is 5.39. The number of carbonyl (C=O) groups is 2. The van der Waals surface area contributed by atoms with E-state index in [1.807, 2.05) is 10.0 Å². The Balaban J connectivity index is 1.90. The van der Waals surface area contributed by atoms with E-state index in [0.29, 0.717) is 0 Å². The Labute approximate surface area is 153 Å². The van der Waals surface area contributed by atoms with Crippen molar-refractivity contribution in [3.8, 4) is 0 Å². The standard InChI is InChI=1S/C15H16F2N4O5S/c1-9(15(23)20-14-11(16)4-3-5-12(14)17)26-13(22)7-19-27(24,25)10-6-18-21(2)8-10/h3-6,8-9,19H,7H2,1-2H3,(H,20,23). The molecule has 0 saturated carbocycles. The van der Waals surface area contributed by atoms with Crippen LogP contribution in [0.4, 0.5) is 14.5 Å². The number of aryl methyl sites for hydroxylation is 1. The quantitative estimate of drug-likeness (QED) is 0.653. The normalized spacial score (nSPS) is 12.4. The van der Waals surface area contributed by atoms with Crippen molar-refractivity contribution in [2.24, 2.45) is 7.05 Å². The number of rotatable bonds is 7. The Bertz CT molecular complexity index is 941. The van der Waals surface area contributed by atoms with Crippen LogP contribution in [-0.2, 0) is 31.4 Å². The Hall–Kier alpha value is -2.86. The first-order chi connectivity index (χ1) is 12.6. The Morgan fingerprint density at radius 2 is 1.93 bits per heavy atom. The van der Waals surface area contributed by atoms with Crippen LogP contribution in [0.5, 0.6) is 0 Å². The Kier molecular flexibility index (Phi) is 6.23. The molecule has 0 bridgehead atoms. The number of aromatic nitrogens is 2. The fraction of sp³-hybridized carbons (Fsp3) is 0.267. The van der Waals surface area contributed by atoms with Gasteiger partial charge in [0.1, 0.15) is 28.8 Å². The van der Waals surface area contributed by atoms with Crippen LogP contribution >= 0.6 is 0 Å². The van der Waals surface area contributed by atoms with Gasteiger partial charge in [-0.25, -0.2) is 17.2 Å². The minimum atomic E-state index is -3.98. The third kappa shape index (κ3) is 5.31. The van der Waals surface area contributed by atoms with E-state index in [1.54, 1.807) is 0 Å². The number of halogens is 2.